The molecule has 29 heavy (non-hydrogen) atoms. The fourth-order valence-electron chi connectivity index (χ4n) is 3.22. The summed E-state index contributed by atoms with van der Waals surface area (Å²) in [7, 11) is 0. The number of rotatable bonds is 8. The molecular weight excluding hydrogens is 367 g/mol. The Morgan fingerprint density at radius 1 is 0.759 bits per heavy atom. The SMILES string of the molecule is O=C(CNC(=O)c1ccccc1F)NCCC(c1ccccc1)c1ccccc1. The highest BCUT2D eigenvalue weighted by molar-refractivity contribution is 5.96. The molecule has 0 aromatic heterocycles. The molecular formula is C24H23FN2O2. The number of nitrogens with one attached hydrogen (secondary N) is 2. The number of halogens is 1. The molecule has 3 rings (SSSR count). The quantitative estimate of drug-likeness (QED) is 0.613. The number of benzene rings is 3. The normalized spacial score (nSPS) is 10.6. The molecule has 0 heterocycles. The van der Waals surface area contributed by atoms with E-state index in [1.165, 1.54) is 29.3 Å². The van der Waals surface area contributed by atoms with Gasteiger partial charge in [0.15, 0.2) is 0 Å². The molecule has 0 saturated carbocycles. The maximum Gasteiger partial charge on any atom is 0.254 e. The van der Waals surface area contributed by atoms with Gasteiger partial charge in [-0.2, -0.15) is 0 Å². The molecule has 4 nitrogen and oxygen atoms in total. The molecule has 0 aliphatic rings. The van der Waals surface area contributed by atoms with E-state index in [0.717, 1.165) is 6.42 Å². The summed E-state index contributed by atoms with van der Waals surface area (Å²) in [5.41, 5.74) is 2.29. The highest BCUT2D eigenvalue weighted by Crippen LogP contribution is 2.27. The molecule has 2 N–H and O–H groups in total. The van der Waals surface area contributed by atoms with Crippen LogP contribution < -0.4 is 10.6 Å². The Balaban J connectivity index is 1.52. The minimum atomic E-state index is -0.612. The molecule has 3 aromatic rings. The molecule has 0 atom stereocenters. The van der Waals surface area contributed by atoms with Crippen molar-refractivity contribution in [3.8, 4) is 0 Å². The summed E-state index contributed by atoms with van der Waals surface area (Å²) in [4.78, 5) is 24.1. The van der Waals surface area contributed by atoms with Crippen LogP contribution in [0.15, 0.2) is 84.9 Å². The fraction of sp³-hybridized carbons (Fsp3) is 0.167. The average molecular weight is 390 g/mol. The number of hydrogen-bond donors (Lipinski definition) is 2. The Morgan fingerprint density at radius 2 is 1.31 bits per heavy atom. The van der Waals surface area contributed by atoms with Gasteiger partial charge in [-0.25, -0.2) is 4.39 Å². The van der Waals surface area contributed by atoms with E-state index in [4.69, 9.17) is 0 Å². The zero-order valence-corrected chi connectivity index (χ0v) is 16.0. The lowest BCUT2D eigenvalue weighted by molar-refractivity contribution is -0.120. The summed E-state index contributed by atoms with van der Waals surface area (Å²) in [6.07, 6.45) is 0.723. The summed E-state index contributed by atoms with van der Waals surface area (Å²) < 4.78 is 13.6. The third kappa shape index (κ3) is 5.75. The van der Waals surface area contributed by atoms with Crippen LogP contribution in [0, 0.1) is 5.82 Å². The second kappa shape index (κ2) is 10.2. The number of carbonyl (C=O) groups is 2. The molecule has 0 fully saturated rings. The van der Waals surface area contributed by atoms with E-state index in [-0.39, 0.29) is 23.9 Å². The molecule has 3 aromatic carbocycles. The molecule has 0 radical (unpaired) electrons. The van der Waals surface area contributed by atoms with Crippen molar-refractivity contribution >= 4 is 11.8 Å². The highest BCUT2D eigenvalue weighted by Gasteiger charge is 2.15. The van der Waals surface area contributed by atoms with Gasteiger partial charge in [-0.15, -0.1) is 0 Å². The van der Waals surface area contributed by atoms with Gasteiger partial charge in [-0.1, -0.05) is 72.8 Å². The molecule has 0 saturated heterocycles. The molecule has 0 aliphatic carbocycles. The first kappa shape index (κ1) is 20.3. The molecule has 0 bridgehead atoms. The van der Waals surface area contributed by atoms with Crippen molar-refractivity contribution in [3.63, 3.8) is 0 Å². The van der Waals surface area contributed by atoms with E-state index in [9.17, 15) is 14.0 Å². The van der Waals surface area contributed by atoms with E-state index in [1.807, 2.05) is 36.4 Å². The predicted octanol–water partition coefficient (Wildman–Crippen LogP) is 3.89. The van der Waals surface area contributed by atoms with Gasteiger partial charge in [-0.3, -0.25) is 9.59 Å². The van der Waals surface area contributed by atoms with Crippen molar-refractivity contribution < 1.29 is 14.0 Å². The third-order valence-corrected chi connectivity index (χ3v) is 4.69. The Labute approximate surface area is 169 Å². The molecule has 2 amide bonds. The maximum absolute atomic E-state index is 13.6. The largest absolute Gasteiger partial charge is 0.355 e. The van der Waals surface area contributed by atoms with Crippen LogP contribution in [0.2, 0.25) is 0 Å². The van der Waals surface area contributed by atoms with E-state index >= 15 is 0 Å². The van der Waals surface area contributed by atoms with Crippen LogP contribution in [0.25, 0.3) is 0 Å². The minimum absolute atomic E-state index is 0.0754. The van der Waals surface area contributed by atoms with Crippen molar-refractivity contribution in [2.24, 2.45) is 0 Å². The second-order valence-corrected chi connectivity index (χ2v) is 6.68. The monoisotopic (exact) mass is 390 g/mol. The maximum atomic E-state index is 13.6. The highest BCUT2D eigenvalue weighted by atomic mass is 19.1. The van der Waals surface area contributed by atoms with Gasteiger partial charge >= 0.3 is 0 Å². The van der Waals surface area contributed by atoms with E-state index < -0.39 is 11.7 Å². The summed E-state index contributed by atoms with van der Waals surface area (Å²) >= 11 is 0. The lowest BCUT2D eigenvalue weighted by Gasteiger charge is -2.18. The molecule has 0 spiro atoms. The molecule has 0 unspecified atom stereocenters. The first-order valence-corrected chi connectivity index (χ1v) is 9.54. The van der Waals surface area contributed by atoms with E-state index in [0.29, 0.717) is 6.54 Å². The number of amides is 2. The topological polar surface area (TPSA) is 58.2 Å². The van der Waals surface area contributed by atoms with Crippen molar-refractivity contribution in [1.82, 2.24) is 10.6 Å². The predicted molar refractivity (Wildman–Crippen MR) is 111 cm³/mol. The first-order valence-electron chi connectivity index (χ1n) is 9.54. The Morgan fingerprint density at radius 3 is 1.90 bits per heavy atom. The second-order valence-electron chi connectivity index (χ2n) is 6.68. The standard InChI is InChI=1S/C24H23FN2O2/c25-22-14-8-7-13-21(22)24(29)27-17-23(28)26-16-15-20(18-9-3-1-4-10-18)19-11-5-2-6-12-19/h1-14,20H,15-17H2,(H,26,28)(H,27,29). The van der Waals surface area contributed by atoms with Crippen LogP contribution in [-0.4, -0.2) is 24.9 Å². The van der Waals surface area contributed by atoms with Gasteiger partial charge in [0.05, 0.1) is 12.1 Å². The Bertz CT molecular complexity index is 906. The van der Waals surface area contributed by atoms with Crippen LogP contribution in [-0.2, 0) is 4.79 Å². The summed E-state index contributed by atoms with van der Waals surface area (Å²) in [5, 5.41) is 5.28. The Kier molecular flexibility index (Phi) is 7.11. The van der Waals surface area contributed by atoms with Crippen molar-refractivity contribution in [1.29, 1.82) is 0 Å². The Hall–Kier alpha value is -3.47. The number of hydrogen-bond acceptors (Lipinski definition) is 2. The molecule has 148 valence electrons. The lowest BCUT2D eigenvalue weighted by atomic mass is 9.88. The lowest BCUT2D eigenvalue weighted by Crippen LogP contribution is -2.37. The van der Waals surface area contributed by atoms with Gasteiger partial charge in [0, 0.05) is 12.5 Å². The van der Waals surface area contributed by atoms with Gasteiger partial charge in [0.25, 0.3) is 5.91 Å². The van der Waals surface area contributed by atoms with E-state index in [1.54, 1.807) is 6.07 Å². The van der Waals surface area contributed by atoms with Crippen LogP contribution >= 0.6 is 0 Å². The van der Waals surface area contributed by atoms with Gasteiger partial charge in [0.2, 0.25) is 5.91 Å². The average Bonchev–Trinajstić information content (AvgIpc) is 2.76. The fourth-order valence-corrected chi connectivity index (χ4v) is 3.22. The van der Waals surface area contributed by atoms with E-state index in [2.05, 4.69) is 34.9 Å². The number of carbonyl (C=O) groups excluding carboxylic acids is 2. The summed E-state index contributed by atoms with van der Waals surface area (Å²) in [6.45, 7) is 0.261. The van der Waals surface area contributed by atoms with Gasteiger partial charge in [-0.05, 0) is 29.7 Å². The molecule has 0 aliphatic heterocycles. The molecule has 5 heteroatoms. The summed E-state index contributed by atoms with van der Waals surface area (Å²) in [5.74, 6) is -1.37. The smallest absolute Gasteiger partial charge is 0.254 e. The van der Waals surface area contributed by atoms with Gasteiger partial charge in [0.1, 0.15) is 5.82 Å². The van der Waals surface area contributed by atoms with Crippen molar-refractivity contribution in [3.05, 3.63) is 107 Å². The van der Waals surface area contributed by atoms with Crippen LogP contribution in [0.5, 0.6) is 0 Å². The first-order chi connectivity index (χ1) is 14.1. The summed E-state index contributed by atoms with van der Waals surface area (Å²) in [6, 6.07) is 25.9. The zero-order valence-electron chi connectivity index (χ0n) is 16.0. The zero-order chi connectivity index (χ0) is 20.5. The van der Waals surface area contributed by atoms with Crippen LogP contribution in [0.3, 0.4) is 0 Å². The third-order valence-electron chi connectivity index (χ3n) is 4.69. The van der Waals surface area contributed by atoms with Crippen LogP contribution in [0.4, 0.5) is 4.39 Å². The minimum Gasteiger partial charge on any atom is -0.355 e. The van der Waals surface area contributed by atoms with Crippen molar-refractivity contribution in [2.45, 2.75) is 12.3 Å². The van der Waals surface area contributed by atoms with Gasteiger partial charge < -0.3 is 10.6 Å². The van der Waals surface area contributed by atoms with Crippen LogP contribution in [0.1, 0.15) is 33.8 Å². The van der Waals surface area contributed by atoms with Crippen molar-refractivity contribution in [2.75, 3.05) is 13.1 Å².